The SMILES string of the molecule is CCc1nc(N2CCCC2=O)sc1C(=O)Nc1ccc(C)cc1. The van der Waals surface area contributed by atoms with E-state index in [9.17, 15) is 9.59 Å². The number of aryl methyl sites for hydroxylation is 2. The number of carbonyl (C=O) groups excluding carboxylic acids is 2. The van der Waals surface area contributed by atoms with Gasteiger partial charge in [-0.15, -0.1) is 0 Å². The van der Waals surface area contributed by atoms with E-state index in [0.717, 1.165) is 23.4 Å². The number of nitrogens with one attached hydrogen (secondary N) is 1. The molecule has 1 aromatic heterocycles. The molecule has 0 atom stereocenters. The standard InChI is InChI=1S/C17H19N3O2S/c1-3-13-15(16(22)18-12-8-6-11(2)7-9-12)23-17(19-13)20-10-4-5-14(20)21/h6-9H,3-5,10H2,1-2H3,(H,18,22). The third-order valence-electron chi connectivity index (χ3n) is 3.84. The number of nitrogens with zero attached hydrogens (tertiary/aromatic N) is 2. The summed E-state index contributed by atoms with van der Waals surface area (Å²) in [5, 5.41) is 3.54. The van der Waals surface area contributed by atoms with Gasteiger partial charge in [0.2, 0.25) is 5.91 Å². The Morgan fingerprint density at radius 3 is 2.70 bits per heavy atom. The molecule has 2 amide bonds. The molecule has 1 N–H and O–H groups in total. The van der Waals surface area contributed by atoms with E-state index in [-0.39, 0.29) is 11.8 Å². The fraction of sp³-hybridized carbons (Fsp3) is 0.353. The van der Waals surface area contributed by atoms with Crippen molar-refractivity contribution in [3.05, 3.63) is 40.4 Å². The van der Waals surface area contributed by atoms with Crippen molar-refractivity contribution >= 4 is 34.0 Å². The van der Waals surface area contributed by atoms with Crippen LogP contribution in [0.4, 0.5) is 10.8 Å². The molecule has 5 nitrogen and oxygen atoms in total. The Morgan fingerprint density at radius 2 is 2.09 bits per heavy atom. The summed E-state index contributed by atoms with van der Waals surface area (Å²) in [6, 6.07) is 7.67. The monoisotopic (exact) mass is 329 g/mol. The maximum atomic E-state index is 12.5. The summed E-state index contributed by atoms with van der Waals surface area (Å²) in [7, 11) is 0. The maximum Gasteiger partial charge on any atom is 0.267 e. The third-order valence-corrected chi connectivity index (χ3v) is 4.96. The quantitative estimate of drug-likeness (QED) is 0.935. The van der Waals surface area contributed by atoms with Crippen molar-refractivity contribution in [1.82, 2.24) is 4.98 Å². The Kier molecular flexibility index (Phi) is 4.43. The van der Waals surface area contributed by atoms with Gasteiger partial charge in [-0.25, -0.2) is 4.98 Å². The van der Waals surface area contributed by atoms with Crippen molar-refractivity contribution in [3.8, 4) is 0 Å². The average Bonchev–Trinajstić information content (AvgIpc) is 3.15. The van der Waals surface area contributed by atoms with Crippen LogP contribution in [0.25, 0.3) is 0 Å². The molecule has 1 saturated heterocycles. The molecule has 6 heteroatoms. The van der Waals surface area contributed by atoms with Crippen molar-refractivity contribution in [2.24, 2.45) is 0 Å². The van der Waals surface area contributed by atoms with E-state index in [4.69, 9.17) is 0 Å². The van der Waals surface area contributed by atoms with E-state index in [1.807, 2.05) is 38.1 Å². The second-order valence-corrected chi connectivity index (χ2v) is 6.57. The van der Waals surface area contributed by atoms with Crippen LogP contribution in [-0.4, -0.2) is 23.3 Å². The molecule has 0 radical (unpaired) electrons. The van der Waals surface area contributed by atoms with E-state index < -0.39 is 0 Å². The van der Waals surface area contributed by atoms with Crippen molar-refractivity contribution in [2.75, 3.05) is 16.8 Å². The molecule has 0 spiro atoms. The Balaban J connectivity index is 1.83. The zero-order valence-electron chi connectivity index (χ0n) is 13.3. The van der Waals surface area contributed by atoms with Gasteiger partial charge in [-0.05, 0) is 31.9 Å². The number of aromatic nitrogens is 1. The van der Waals surface area contributed by atoms with Gasteiger partial charge >= 0.3 is 0 Å². The Labute approximate surface area is 139 Å². The lowest BCUT2D eigenvalue weighted by atomic mass is 10.2. The van der Waals surface area contributed by atoms with Crippen LogP contribution in [0, 0.1) is 6.92 Å². The van der Waals surface area contributed by atoms with Gasteiger partial charge in [0.1, 0.15) is 4.88 Å². The summed E-state index contributed by atoms with van der Waals surface area (Å²) in [6.45, 7) is 4.66. The first-order chi connectivity index (χ1) is 11.1. The van der Waals surface area contributed by atoms with Crippen molar-refractivity contribution in [2.45, 2.75) is 33.1 Å². The van der Waals surface area contributed by atoms with Gasteiger partial charge in [0.15, 0.2) is 5.13 Å². The smallest absolute Gasteiger partial charge is 0.267 e. The summed E-state index contributed by atoms with van der Waals surface area (Å²) in [4.78, 5) is 31.2. The number of amides is 2. The van der Waals surface area contributed by atoms with Gasteiger partial charge in [0, 0.05) is 18.7 Å². The summed E-state index contributed by atoms with van der Waals surface area (Å²) in [6.07, 6.45) is 2.08. The normalized spacial score (nSPS) is 14.3. The van der Waals surface area contributed by atoms with Gasteiger partial charge in [-0.1, -0.05) is 36.0 Å². The zero-order chi connectivity index (χ0) is 16.4. The predicted molar refractivity (Wildman–Crippen MR) is 92.2 cm³/mol. The zero-order valence-corrected chi connectivity index (χ0v) is 14.1. The molecule has 120 valence electrons. The Hall–Kier alpha value is -2.21. The Bertz CT molecular complexity index is 737. The highest BCUT2D eigenvalue weighted by molar-refractivity contribution is 7.18. The fourth-order valence-corrected chi connectivity index (χ4v) is 3.64. The van der Waals surface area contributed by atoms with E-state index in [2.05, 4.69) is 10.3 Å². The topological polar surface area (TPSA) is 62.3 Å². The van der Waals surface area contributed by atoms with E-state index in [0.29, 0.717) is 29.4 Å². The number of carbonyl (C=O) groups is 2. The largest absolute Gasteiger partial charge is 0.321 e. The Morgan fingerprint density at radius 1 is 1.35 bits per heavy atom. The van der Waals surface area contributed by atoms with Crippen LogP contribution in [0.3, 0.4) is 0 Å². The molecule has 1 aliphatic heterocycles. The van der Waals surface area contributed by atoms with Crippen LogP contribution in [0.1, 0.15) is 40.7 Å². The molecular formula is C17H19N3O2S. The summed E-state index contributed by atoms with van der Waals surface area (Å²) >= 11 is 1.30. The highest BCUT2D eigenvalue weighted by Crippen LogP contribution is 2.30. The molecule has 2 aromatic rings. The number of anilines is 2. The molecule has 2 heterocycles. The fourth-order valence-electron chi connectivity index (χ4n) is 2.55. The number of hydrogen-bond acceptors (Lipinski definition) is 4. The van der Waals surface area contributed by atoms with Gasteiger partial charge < -0.3 is 5.32 Å². The number of hydrogen-bond donors (Lipinski definition) is 1. The molecule has 23 heavy (non-hydrogen) atoms. The van der Waals surface area contributed by atoms with Crippen LogP contribution in [0.5, 0.6) is 0 Å². The van der Waals surface area contributed by atoms with Crippen LogP contribution in [0.15, 0.2) is 24.3 Å². The van der Waals surface area contributed by atoms with E-state index >= 15 is 0 Å². The van der Waals surface area contributed by atoms with E-state index in [1.165, 1.54) is 11.3 Å². The van der Waals surface area contributed by atoms with Crippen LogP contribution < -0.4 is 10.2 Å². The minimum Gasteiger partial charge on any atom is -0.321 e. The van der Waals surface area contributed by atoms with Crippen molar-refractivity contribution < 1.29 is 9.59 Å². The lowest BCUT2D eigenvalue weighted by Gasteiger charge is -2.10. The number of thiazole rings is 1. The van der Waals surface area contributed by atoms with Crippen LogP contribution in [0.2, 0.25) is 0 Å². The summed E-state index contributed by atoms with van der Waals surface area (Å²) < 4.78 is 0. The van der Waals surface area contributed by atoms with Gasteiger partial charge in [0.05, 0.1) is 5.69 Å². The molecular weight excluding hydrogens is 310 g/mol. The molecule has 1 aliphatic rings. The molecule has 1 aromatic carbocycles. The van der Waals surface area contributed by atoms with Crippen LogP contribution >= 0.6 is 11.3 Å². The minimum atomic E-state index is -0.166. The lowest BCUT2D eigenvalue weighted by Crippen LogP contribution is -2.23. The van der Waals surface area contributed by atoms with Crippen molar-refractivity contribution in [1.29, 1.82) is 0 Å². The molecule has 3 rings (SSSR count). The summed E-state index contributed by atoms with van der Waals surface area (Å²) in [5.41, 5.74) is 2.65. The first kappa shape index (κ1) is 15.7. The van der Waals surface area contributed by atoms with Crippen molar-refractivity contribution in [3.63, 3.8) is 0 Å². The highest BCUT2D eigenvalue weighted by atomic mass is 32.1. The minimum absolute atomic E-state index is 0.0897. The third kappa shape index (κ3) is 3.27. The number of benzene rings is 1. The molecule has 0 aliphatic carbocycles. The number of rotatable bonds is 4. The predicted octanol–water partition coefficient (Wildman–Crippen LogP) is 3.39. The second kappa shape index (κ2) is 6.50. The highest BCUT2D eigenvalue weighted by Gasteiger charge is 2.27. The molecule has 1 fully saturated rings. The summed E-state index contributed by atoms with van der Waals surface area (Å²) in [5.74, 6) is -0.0759. The van der Waals surface area contributed by atoms with Gasteiger partial charge in [-0.3, -0.25) is 14.5 Å². The van der Waals surface area contributed by atoms with Gasteiger partial charge in [0.25, 0.3) is 5.91 Å². The lowest BCUT2D eigenvalue weighted by molar-refractivity contribution is -0.117. The molecule has 0 unspecified atom stereocenters. The van der Waals surface area contributed by atoms with Crippen LogP contribution in [-0.2, 0) is 11.2 Å². The first-order valence-corrected chi connectivity index (χ1v) is 8.58. The average molecular weight is 329 g/mol. The second-order valence-electron chi connectivity index (χ2n) is 5.59. The molecule has 0 bridgehead atoms. The maximum absolute atomic E-state index is 12.5. The van der Waals surface area contributed by atoms with Gasteiger partial charge in [-0.2, -0.15) is 0 Å². The van der Waals surface area contributed by atoms with E-state index in [1.54, 1.807) is 4.90 Å². The first-order valence-electron chi connectivity index (χ1n) is 7.76. The molecule has 0 saturated carbocycles.